The first kappa shape index (κ1) is 64.5. The summed E-state index contributed by atoms with van der Waals surface area (Å²) in [5.74, 6) is 0.605. The van der Waals surface area contributed by atoms with Crippen LogP contribution in [0.5, 0.6) is 0 Å². The zero-order valence-corrected chi connectivity index (χ0v) is 61.8. The molecule has 0 unspecified atom stereocenters. The average Bonchev–Trinajstić information content (AvgIpc) is 1.57. The number of para-hydroxylation sites is 3. The molecule has 0 fully saturated rings. The standard InChI is InChI=1S/C50H29N3OS.C28H17ClN2O.C23H14S/c1-3-13-30(14-4-1)33-25-34(31-15-5-2-6-16-31)27-35(26-33)46-48-47(39-19-8-11-21-44(39)54-48)52-50(51-46)53-42-20-10-7-17-36(42)41-29-40-32(28-43(41)53)23-24-38-37-18-9-12-22-45(37)55-49(38)40;29-28-30-25(27-26(31-28)23-13-7-8-14-24(23)32-27)22-16-20(18-9-3-1-4-10-18)15-21(17-22)19-11-5-2-6-12-19;1-2-6-17-14(5-1)11-16-12-15-9-10-19-18-7-3-4-8-22(18)24-23(19)21(15)13-20(16)17/h1-29H;1-17H;1-10,12-13H,11H2. The zero-order valence-electron chi connectivity index (χ0n) is 59.4. The van der Waals surface area contributed by atoms with Gasteiger partial charge in [0.2, 0.25) is 11.2 Å². The minimum atomic E-state index is 0.199. The molecule has 0 N–H and O–H groups in total. The van der Waals surface area contributed by atoms with E-state index in [0.29, 0.717) is 22.8 Å². The number of thiophene rings is 2. The van der Waals surface area contributed by atoms with E-state index in [9.17, 15) is 0 Å². The van der Waals surface area contributed by atoms with Crippen molar-refractivity contribution < 1.29 is 8.83 Å². The Morgan fingerprint density at radius 2 is 0.712 bits per heavy atom. The molecule has 7 heterocycles. The van der Waals surface area contributed by atoms with Crippen molar-refractivity contribution >= 4 is 162 Å². The summed E-state index contributed by atoms with van der Waals surface area (Å²) in [4.78, 5) is 19.9. The quantitative estimate of drug-likeness (QED) is 0.148. The van der Waals surface area contributed by atoms with Gasteiger partial charge in [-0.2, -0.15) is 0 Å². The maximum Gasteiger partial charge on any atom is 0.236 e. The molecule has 16 aromatic carbocycles. The third-order valence-electron chi connectivity index (χ3n) is 21.9. The number of hydrogen-bond donors (Lipinski definition) is 0. The van der Waals surface area contributed by atoms with E-state index in [1.165, 1.54) is 89.5 Å². The number of furan rings is 2. The predicted molar refractivity (Wildman–Crippen MR) is 466 cm³/mol. The first-order valence-electron chi connectivity index (χ1n) is 37.2. The molecule has 10 heteroatoms. The van der Waals surface area contributed by atoms with E-state index in [4.69, 9.17) is 30.4 Å². The number of rotatable bonds is 7. The summed E-state index contributed by atoms with van der Waals surface area (Å²) >= 11 is 10.2. The number of benzene rings is 16. The third-order valence-corrected chi connectivity index (χ3v) is 24.5. The lowest BCUT2D eigenvalue weighted by molar-refractivity contribution is 0.666. The molecule has 0 saturated heterocycles. The summed E-state index contributed by atoms with van der Waals surface area (Å²) in [6.07, 6.45) is 1.06. The molecule has 0 amide bonds. The smallest absolute Gasteiger partial charge is 0.236 e. The molecular weight excluding hydrogens is 1410 g/mol. The van der Waals surface area contributed by atoms with Crippen LogP contribution < -0.4 is 0 Å². The van der Waals surface area contributed by atoms with Crippen LogP contribution in [-0.2, 0) is 6.42 Å². The fourth-order valence-electron chi connectivity index (χ4n) is 16.7. The van der Waals surface area contributed by atoms with Gasteiger partial charge in [0.1, 0.15) is 33.6 Å². The second-order valence-corrected chi connectivity index (χ2v) is 30.9. The minimum absolute atomic E-state index is 0.199. The number of nitrogens with zero attached hydrogens (tertiary/aromatic N) is 5. The van der Waals surface area contributed by atoms with E-state index in [-0.39, 0.29) is 5.28 Å². The van der Waals surface area contributed by atoms with E-state index in [2.05, 4.69) is 288 Å². The largest absolute Gasteiger partial charge is 0.452 e. The lowest BCUT2D eigenvalue weighted by Crippen LogP contribution is -2.03. The molecule has 1 aliphatic carbocycles. The molecule has 0 radical (unpaired) electrons. The van der Waals surface area contributed by atoms with Gasteiger partial charge in [-0.3, -0.25) is 4.57 Å². The summed E-state index contributed by atoms with van der Waals surface area (Å²) in [5, 5.41) is 15.0. The fourth-order valence-corrected chi connectivity index (χ4v) is 19.3. The number of halogens is 1. The van der Waals surface area contributed by atoms with E-state index < -0.39 is 0 Å². The van der Waals surface area contributed by atoms with Gasteiger partial charge in [0.25, 0.3) is 0 Å². The van der Waals surface area contributed by atoms with Crippen LogP contribution in [0.1, 0.15) is 11.1 Å². The normalized spacial score (nSPS) is 12.0. The van der Waals surface area contributed by atoms with Crippen LogP contribution in [0, 0.1) is 0 Å². The van der Waals surface area contributed by atoms with Crippen LogP contribution in [0.4, 0.5) is 0 Å². The highest BCUT2D eigenvalue weighted by Gasteiger charge is 2.26. The van der Waals surface area contributed by atoms with E-state index >= 15 is 0 Å². The third kappa shape index (κ3) is 11.1. The van der Waals surface area contributed by atoms with E-state index in [1.54, 1.807) is 0 Å². The van der Waals surface area contributed by atoms with Crippen molar-refractivity contribution in [3.05, 3.63) is 368 Å². The van der Waals surface area contributed by atoms with Crippen molar-refractivity contribution in [3.8, 4) is 84.1 Å². The van der Waals surface area contributed by atoms with Gasteiger partial charge < -0.3 is 8.83 Å². The van der Waals surface area contributed by atoms with Gasteiger partial charge in [0.05, 0.1) is 11.0 Å². The molecule has 24 rings (SSSR count). The second-order valence-electron chi connectivity index (χ2n) is 28.4. The van der Waals surface area contributed by atoms with Crippen molar-refractivity contribution in [2.75, 3.05) is 0 Å². The summed E-state index contributed by atoms with van der Waals surface area (Å²) in [7, 11) is 0. The molecular formula is C101H60ClN5O2S2. The SMILES string of the molecule is Clc1nc(-c2cc(-c3ccccc3)cc(-c3ccccc3)c2)c2oc3ccccc3c2n1.c1ccc(-c2cc(-c3ccccc3)cc(-c3nc(-n4c5ccccc5c5cc6c(ccc7c8ccccc8sc67)cc54)nc4c3oc3ccccc34)c2)cc1.c1ccc2c(c1)Cc1cc3ccc4c5ccccc5sc4c3cc1-2. The molecule has 0 aliphatic heterocycles. The van der Waals surface area contributed by atoms with Crippen molar-refractivity contribution in [2.45, 2.75) is 6.42 Å². The van der Waals surface area contributed by atoms with Crippen molar-refractivity contribution in [1.82, 2.24) is 24.5 Å². The first-order chi connectivity index (χ1) is 54.9. The molecule has 7 aromatic heterocycles. The average molecular weight is 1480 g/mol. The second kappa shape index (κ2) is 26.3. The Hall–Kier alpha value is -13.7. The summed E-state index contributed by atoms with van der Waals surface area (Å²) in [6.45, 7) is 0. The Morgan fingerprint density at radius 1 is 0.279 bits per heavy atom. The maximum atomic E-state index is 6.67. The molecule has 0 bridgehead atoms. The van der Waals surface area contributed by atoms with Gasteiger partial charge >= 0.3 is 0 Å². The van der Waals surface area contributed by atoms with Gasteiger partial charge in [-0.15, -0.1) is 22.7 Å². The van der Waals surface area contributed by atoms with E-state index in [0.717, 1.165) is 117 Å². The summed E-state index contributed by atoms with van der Waals surface area (Å²) in [5.41, 5.74) is 24.5. The van der Waals surface area contributed by atoms with Crippen LogP contribution in [-0.4, -0.2) is 24.5 Å². The van der Waals surface area contributed by atoms with Crippen LogP contribution in [0.3, 0.4) is 0 Å². The Balaban J connectivity index is 0.000000114. The van der Waals surface area contributed by atoms with Crippen LogP contribution in [0.2, 0.25) is 5.28 Å². The topological polar surface area (TPSA) is 82.8 Å². The fraction of sp³-hybridized carbons (Fsp3) is 0.00990. The molecule has 0 atom stereocenters. The summed E-state index contributed by atoms with van der Waals surface area (Å²) < 4.78 is 20.5. The Morgan fingerprint density at radius 3 is 1.26 bits per heavy atom. The van der Waals surface area contributed by atoms with Crippen LogP contribution in [0.25, 0.3) is 212 Å². The van der Waals surface area contributed by atoms with Crippen molar-refractivity contribution in [2.24, 2.45) is 0 Å². The van der Waals surface area contributed by atoms with Crippen molar-refractivity contribution in [3.63, 3.8) is 0 Å². The molecule has 111 heavy (non-hydrogen) atoms. The Kier molecular flexibility index (Phi) is 15.3. The number of hydrogen-bond acceptors (Lipinski definition) is 8. The van der Waals surface area contributed by atoms with Crippen LogP contribution >= 0.6 is 34.3 Å². The zero-order chi connectivity index (χ0) is 73.2. The Bertz CT molecular complexity index is 7580. The van der Waals surface area contributed by atoms with Gasteiger partial charge in [-0.05, 0) is 193 Å². The lowest BCUT2D eigenvalue weighted by atomic mass is 9.95. The number of aromatic nitrogens is 5. The Labute approximate surface area is 649 Å². The molecule has 0 saturated carbocycles. The highest BCUT2D eigenvalue weighted by atomic mass is 35.5. The molecule has 7 nitrogen and oxygen atoms in total. The first-order valence-corrected chi connectivity index (χ1v) is 39.2. The van der Waals surface area contributed by atoms with Gasteiger partial charge in [0, 0.05) is 83.8 Å². The lowest BCUT2D eigenvalue weighted by Gasteiger charge is -2.13. The maximum absolute atomic E-state index is 6.67. The van der Waals surface area contributed by atoms with E-state index in [1.807, 2.05) is 102 Å². The van der Waals surface area contributed by atoms with Gasteiger partial charge in [-0.1, -0.05) is 255 Å². The summed E-state index contributed by atoms with van der Waals surface area (Å²) in [6, 6.07) is 124. The van der Waals surface area contributed by atoms with Gasteiger partial charge in [-0.25, -0.2) is 19.9 Å². The van der Waals surface area contributed by atoms with Crippen molar-refractivity contribution in [1.29, 1.82) is 0 Å². The number of fused-ring (bicyclic) bond motifs is 22. The molecule has 0 spiro atoms. The molecule has 520 valence electrons. The highest BCUT2D eigenvalue weighted by molar-refractivity contribution is 7.27. The highest BCUT2D eigenvalue weighted by Crippen LogP contribution is 2.48. The van der Waals surface area contributed by atoms with Crippen LogP contribution in [0.15, 0.2) is 361 Å². The predicted octanol–water partition coefficient (Wildman–Crippen LogP) is 28.8. The minimum Gasteiger partial charge on any atom is -0.452 e. The molecule has 1 aliphatic rings. The van der Waals surface area contributed by atoms with Gasteiger partial charge in [0.15, 0.2) is 11.2 Å². The monoisotopic (exact) mass is 1470 g/mol. The molecule has 23 aromatic rings.